The molecule has 0 atom stereocenters. The van der Waals surface area contributed by atoms with Crippen molar-refractivity contribution in [2.24, 2.45) is 0 Å². The molecule has 7 aromatic carbocycles. The van der Waals surface area contributed by atoms with Gasteiger partial charge in [-0.25, -0.2) is 15.0 Å². The van der Waals surface area contributed by atoms with E-state index in [-0.39, 0.29) is 0 Å². The molecule has 0 unspecified atom stereocenters. The zero-order valence-electron chi connectivity index (χ0n) is 36.2. The van der Waals surface area contributed by atoms with E-state index < -0.39 is 0 Å². The predicted molar refractivity (Wildman–Crippen MR) is 283 cm³/mol. The minimum atomic E-state index is 0.618. The Bertz CT molecular complexity index is 3200. The molecule has 0 aliphatic carbocycles. The van der Waals surface area contributed by atoms with E-state index in [1.165, 1.54) is 43.7 Å². The van der Waals surface area contributed by atoms with E-state index in [1.54, 1.807) is 0 Å². The van der Waals surface area contributed by atoms with Crippen molar-refractivity contribution in [3.05, 3.63) is 152 Å². The van der Waals surface area contributed by atoms with Crippen LogP contribution in [0, 0.1) is 0 Å². The first-order valence-corrected chi connectivity index (χ1v) is 21.0. The van der Waals surface area contributed by atoms with Gasteiger partial charge in [-0.15, -0.1) is 10.9 Å². The second-order valence-corrected chi connectivity index (χ2v) is 16.3. The largest absolute Gasteiger partial charge is 0.463 e. The fourth-order valence-electron chi connectivity index (χ4n) is 8.84. The van der Waals surface area contributed by atoms with Gasteiger partial charge in [0.1, 0.15) is 68.4 Å². The molecular weight excluding hydrogens is 733 g/mol. The van der Waals surface area contributed by atoms with Gasteiger partial charge < -0.3 is 4.42 Å². The molecule has 2 aromatic heterocycles. The normalized spacial score (nSPS) is 11.1. The predicted octanol–water partition coefficient (Wildman–Crippen LogP) is -1.04. The van der Waals surface area contributed by atoms with E-state index in [1.807, 2.05) is 30.5 Å². The molecule has 0 amide bonds. The molecule has 0 aliphatic heterocycles. The molecule has 0 saturated carbocycles. The average molecular weight is 774 g/mol. The highest BCUT2D eigenvalue weighted by atomic mass is 16.3. The van der Waals surface area contributed by atoms with Crippen LogP contribution >= 0.6 is 0 Å². The fraction of sp³-hybridized carbons (Fsp3) is 0. The van der Waals surface area contributed by atoms with Gasteiger partial charge in [0.15, 0.2) is 17.5 Å². The fourth-order valence-corrected chi connectivity index (χ4v) is 8.84. The summed E-state index contributed by atoms with van der Waals surface area (Å²) in [5.41, 5.74) is 19.9. The van der Waals surface area contributed by atoms with Gasteiger partial charge in [0.05, 0.1) is 6.26 Å². The molecule has 2 heterocycles. The third-order valence-electron chi connectivity index (χ3n) is 12.8. The van der Waals surface area contributed by atoms with E-state index >= 15 is 0 Å². The number of hydrogen-bond donors (Lipinski definition) is 0. The van der Waals surface area contributed by atoms with Crippen LogP contribution in [0.4, 0.5) is 0 Å². The van der Waals surface area contributed by atoms with Crippen molar-refractivity contribution >= 4 is 128 Å². The van der Waals surface area contributed by atoms with Crippen molar-refractivity contribution < 1.29 is 4.42 Å². The second-order valence-electron chi connectivity index (χ2n) is 16.3. The lowest BCUT2D eigenvalue weighted by Crippen LogP contribution is -2.49. The van der Waals surface area contributed by atoms with Gasteiger partial charge in [-0.2, -0.15) is 0 Å². The summed E-state index contributed by atoms with van der Waals surface area (Å²) in [7, 11) is 17.7. The Morgan fingerprint density at radius 2 is 0.754 bits per heavy atom. The molecule has 0 spiro atoms. The lowest BCUT2D eigenvalue weighted by Gasteiger charge is -2.19. The SMILES string of the molecule is Bc1cc2c(B)c(-c3nc(-c4ccccc4)nc(-c4ccc(-c5ccccc5)cc4)n3)c(B)c(-c3ccc(-c4ccccc4)cc3)c2occ2c(B)c(B)c(B)c(B)c2c1B. The van der Waals surface area contributed by atoms with Crippen molar-refractivity contribution in [3.63, 3.8) is 0 Å². The molecule has 4 nitrogen and oxygen atoms in total. The van der Waals surface area contributed by atoms with Gasteiger partial charge in [0.25, 0.3) is 0 Å². The summed E-state index contributed by atoms with van der Waals surface area (Å²) in [5.74, 6) is 1.86. The minimum absolute atomic E-state index is 0.618. The van der Waals surface area contributed by atoms with Crippen molar-refractivity contribution in [2.45, 2.75) is 0 Å². The quantitative estimate of drug-likeness (QED) is 0.203. The van der Waals surface area contributed by atoms with E-state index in [0.717, 1.165) is 71.8 Å². The number of rotatable bonds is 6. The molecule has 0 aliphatic rings. The molecule has 0 fully saturated rings. The Morgan fingerprint density at radius 3 is 1.30 bits per heavy atom. The summed E-state index contributed by atoms with van der Waals surface area (Å²) in [6.07, 6.45) is 1.99. The van der Waals surface area contributed by atoms with Crippen LogP contribution < -0.4 is 43.7 Å². The van der Waals surface area contributed by atoms with Gasteiger partial charge in [0.2, 0.25) is 0 Å². The number of nitrogens with zero attached hydrogens (tertiary/aromatic N) is 3. The Balaban J connectivity index is 1.36. The molecule has 282 valence electrons. The van der Waals surface area contributed by atoms with Crippen LogP contribution in [0.2, 0.25) is 0 Å². The first-order chi connectivity index (χ1) is 29.6. The van der Waals surface area contributed by atoms with Crippen LogP contribution in [0.1, 0.15) is 0 Å². The van der Waals surface area contributed by atoms with Crippen molar-refractivity contribution in [2.75, 3.05) is 0 Å². The standard InChI is InChI=1S/C49H41B8N3O/c50-35-24-33-39(51)38(49-59-47(31-14-8-3-9-15-31)58-48(60-49)32-22-18-29(19-23-32)27-12-6-2-7-13-27)42(54)36(30-20-16-28(17-21-30)26-10-4-1-5-11-26)46(33)61-25-34-37(41(35)53)43(55)45(57)44(56)40(34)52/h1-25H,50-57H2. The maximum absolute atomic E-state index is 7.11. The van der Waals surface area contributed by atoms with Crippen LogP contribution in [-0.4, -0.2) is 77.7 Å². The van der Waals surface area contributed by atoms with Crippen molar-refractivity contribution in [1.82, 2.24) is 15.0 Å². The first kappa shape index (κ1) is 39.8. The summed E-state index contributed by atoms with van der Waals surface area (Å²) in [4.78, 5) is 15.7. The van der Waals surface area contributed by atoms with Crippen LogP contribution in [0.5, 0.6) is 0 Å². The first-order valence-electron chi connectivity index (χ1n) is 21.0. The zero-order valence-corrected chi connectivity index (χ0v) is 36.2. The maximum Gasteiger partial charge on any atom is 0.164 e. The van der Waals surface area contributed by atoms with Crippen LogP contribution in [0.25, 0.3) is 89.3 Å². The highest BCUT2D eigenvalue weighted by Gasteiger charge is 2.23. The summed E-state index contributed by atoms with van der Waals surface area (Å²) < 4.78 is 7.11. The Morgan fingerprint density at radius 1 is 0.328 bits per heavy atom. The summed E-state index contributed by atoms with van der Waals surface area (Å²) in [6.45, 7) is 0. The average Bonchev–Trinajstić information content (AvgIpc) is 3.35. The van der Waals surface area contributed by atoms with Gasteiger partial charge in [0, 0.05) is 33.0 Å². The van der Waals surface area contributed by atoms with E-state index in [9.17, 15) is 0 Å². The molecule has 61 heavy (non-hydrogen) atoms. The lowest BCUT2D eigenvalue weighted by atomic mass is 9.63. The summed E-state index contributed by atoms with van der Waals surface area (Å²) >= 11 is 0. The van der Waals surface area contributed by atoms with Crippen molar-refractivity contribution in [3.8, 4) is 67.5 Å². The number of aromatic nitrogens is 3. The highest BCUT2D eigenvalue weighted by molar-refractivity contribution is 6.69. The molecule has 0 bridgehead atoms. The van der Waals surface area contributed by atoms with Crippen LogP contribution in [0.3, 0.4) is 0 Å². The minimum Gasteiger partial charge on any atom is -0.463 e. The Kier molecular flexibility index (Phi) is 10.7. The molecule has 9 rings (SSSR count). The Labute approximate surface area is 365 Å². The zero-order chi connectivity index (χ0) is 42.4. The third kappa shape index (κ3) is 7.35. The Hall–Kier alpha value is -6.65. The third-order valence-corrected chi connectivity index (χ3v) is 12.8. The van der Waals surface area contributed by atoms with Crippen LogP contribution in [0.15, 0.2) is 156 Å². The molecule has 0 N–H and O–H groups in total. The molecule has 9 aromatic rings. The second kappa shape index (κ2) is 16.4. The van der Waals surface area contributed by atoms with Gasteiger partial charge in [-0.1, -0.05) is 178 Å². The van der Waals surface area contributed by atoms with Gasteiger partial charge in [-0.3, -0.25) is 0 Å². The number of benzene rings is 7. The summed E-state index contributed by atoms with van der Waals surface area (Å²) in [6, 6.07) is 50.8. The van der Waals surface area contributed by atoms with E-state index in [2.05, 4.69) is 184 Å². The highest BCUT2D eigenvalue weighted by Crippen LogP contribution is 2.33. The molecular formula is C49H41B8N3O. The monoisotopic (exact) mass is 775 g/mol. The molecule has 12 heteroatoms. The maximum atomic E-state index is 7.11. The van der Waals surface area contributed by atoms with Gasteiger partial charge in [-0.05, 0) is 33.2 Å². The molecule has 0 radical (unpaired) electrons. The lowest BCUT2D eigenvalue weighted by molar-refractivity contribution is 0.614. The van der Waals surface area contributed by atoms with Crippen molar-refractivity contribution in [1.29, 1.82) is 0 Å². The topological polar surface area (TPSA) is 51.8 Å². The number of hydrogen-bond acceptors (Lipinski definition) is 4. The smallest absolute Gasteiger partial charge is 0.164 e. The van der Waals surface area contributed by atoms with E-state index in [4.69, 9.17) is 19.4 Å². The van der Waals surface area contributed by atoms with Crippen LogP contribution in [-0.2, 0) is 0 Å². The summed E-state index contributed by atoms with van der Waals surface area (Å²) in [5, 5.41) is 3.36. The van der Waals surface area contributed by atoms with Gasteiger partial charge >= 0.3 is 0 Å². The molecule has 0 saturated heterocycles. The number of fused-ring (bicyclic) bond motifs is 2. The van der Waals surface area contributed by atoms with E-state index in [0.29, 0.717) is 17.5 Å².